The molecule has 0 aliphatic rings. The van der Waals surface area contributed by atoms with Gasteiger partial charge in [0, 0.05) is 30.7 Å². The van der Waals surface area contributed by atoms with Gasteiger partial charge in [0.25, 0.3) is 0 Å². The van der Waals surface area contributed by atoms with Crippen LogP contribution in [0.5, 0.6) is 0 Å². The molecular weight excluding hydrogens is 366 g/mol. The fourth-order valence-corrected chi connectivity index (χ4v) is 3.13. The van der Waals surface area contributed by atoms with Gasteiger partial charge in [0.1, 0.15) is 11.6 Å². The number of hydrogen-bond acceptors (Lipinski definition) is 6. The zero-order chi connectivity index (χ0) is 20.2. The molecule has 8 nitrogen and oxygen atoms in total. The first-order chi connectivity index (χ1) is 14.2. The monoisotopic (exact) mass is 389 g/mol. The Labute approximate surface area is 168 Å². The lowest BCUT2D eigenvalue weighted by Crippen LogP contribution is -2.09. The molecule has 8 heteroatoms. The number of rotatable bonds is 8. The summed E-state index contributed by atoms with van der Waals surface area (Å²) in [6.07, 6.45) is 6.59. The Morgan fingerprint density at radius 2 is 2.03 bits per heavy atom. The van der Waals surface area contributed by atoms with Gasteiger partial charge in [-0.1, -0.05) is 13.3 Å². The van der Waals surface area contributed by atoms with Crippen molar-refractivity contribution in [1.29, 1.82) is 0 Å². The molecule has 4 rings (SSSR count). The van der Waals surface area contributed by atoms with Gasteiger partial charge >= 0.3 is 0 Å². The minimum Gasteiger partial charge on any atom is -0.370 e. The molecule has 0 aliphatic heterocycles. The molecule has 0 radical (unpaired) electrons. The van der Waals surface area contributed by atoms with Crippen molar-refractivity contribution in [3.8, 4) is 5.69 Å². The van der Waals surface area contributed by atoms with Crippen molar-refractivity contribution in [2.45, 2.75) is 26.7 Å². The van der Waals surface area contributed by atoms with Crippen molar-refractivity contribution in [3.63, 3.8) is 0 Å². The van der Waals surface area contributed by atoms with Crippen LogP contribution in [0.4, 0.5) is 17.3 Å². The molecule has 0 aliphatic carbocycles. The van der Waals surface area contributed by atoms with Crippen molar-refractivity contribution < 1.29 is 4.79 Å². The summed E-state index contributed by atoms with van der Waals surface area (Å²) in [4.78, 5) is 16.2. The van der Waals surface area contributed by atoms with Gasteiger partial charge in [-0.25, -0.2) is 9.67 Å². The Morgan fingerprint density at radius 1 is 1.21 bits per heavy atom. The van der Waals surface area contributed by atoms with E-state index < -0.39 is 0 Å². The van der Waals surface area contributed by atoms with Crippen molar-refractivity contribution >= 4 is 29.3 Å². The summed E-state index contributed by atoms with van der Waals surface area (Å²) in [7, 11) is 0. The van der Waals surface area contributed by atoms with Gasteiger partial charge in [-0.2, -0.15) is 14.7 Å². The van der Waals surface area contributed by atoms with E-state index in [0.29, 0.717) is 22.7 Å². The molecule has 0 fully saturated rings. The number of aryl methyl sites for hydroxylation is 1. The van der Waals surface area contributed by atoms with Crippen LogP contribution in [-0.2, 0) is 0 Å². The molecule has 0 unspecified atom stereocenters. The van der Waals surface area contributed by atoms with E-state index >= 15 is 0 Å². The Hall–Kier alpha value is -3.68. The summed E-state index contributed by atoms with van der Waals surface area (Å²) in [5.74, 6) is 1.45. The van der Waals surface area contributed by atoms with E-state index in [-0.39, 0.29) is 0 Å². The third-order valence-corrected chi connectivity index (χ3v) is 4.67. The SMILES string of the molecule is CCCCNc1cc(Nc2ccc(-n3cccn3)cc2)nc2c(C=O)c(C)nn12. The lowest BCUT2D eigenvalue weighted by molar-refractivity contribution is 0.112. The van der Waals surface area contributed by atoms with E-state index in [2.05, 4.69) is 32.7 Å². The second-order valence-electron chi connectivity index (χ2n) is 6.78. The molecule has 1 aromatic carbocycles. The molecule has 29 heavy (non-hydrogen) atoms. The maximum Gasteiger partial charge on any atom is 0.170 e. The van der Waals surface area contributed by atoms with Gasteiger partial charge in [0.05, 0.1) is 16.9 Å². The number of carbonyl (C=O) groups excluding carboxylic acids is 1. The van der Waals surface area contributed by atoms with Crippen LogP contribution in [0, 0.1) is 6.92 Å². The summed E-state index contributed by atoms with van der Waals surface area (Å²) in [6.45, 7) is 4.78. The van der Waals surface area contributed by atoms with E-state index in [1.807, 2.05) is 49.5 Å². The standard InChI is InChI=1S/C21H23N7O/c1-3-4-10-22-20-13-19(25-21-18(14-29)15(2)26-28(20)21)24-16-6-8-17(9-7-16)27-12-5-11-23-27/h5-9,11-14,22H,3-4,10H2,1-2H3,(H,24,25). The lowest BCUT2D eigenvalue weighted by Gasteiger charge is -2.12. The van der Waals surface area contributed by atoms with Gasteiger partial charge in [0.2, 0.25) is 0 Å². The Kier molecular flexibility index (Phi) is 5.24. The number of nitrogens with zero attached hydrogens (tertiary/aromatic N) is 5. The number of fused-ring (bicyclic) bond motifs is 1. The quantitative estimate of drug-likeness (QED) is 0.350. The maximum atomic E-state index is 11.6. The normalized spacial score (nSPS) is 11.0. The summed E-state index contributed by atoms with van der Waals surface area (Å²) >= 11 is 0. The molecule has 3 heterocycles. The Morgan fingerprint density at radius 3 is 2.72 bits per heavy atom. The highest BCUT2D eigenvalue weighted by molar-refractivity contribution is 5.87. The van der Waals surface area contributed by atoms with Crippen LogP contribution in [0.3, 0.4) is 0 Å². The number of aldehydes is 1. The molecule has 3 aromatic heterocycles. The summed E-state index contributed by atoms with van der Waals surface area (Å²) < 4.78 is 3.50. The minimum atomic E-state index is 0.501. The van der Waals surface area contributed by atoms with Crippen molar-refractivity contribution in [2.75, 3.05) is 17.2 Å². The molecule has 0 saturated heterocycles. The molecule has 0 spiro atoms. The summed E-state index contributed by atoms with van der Waals surface area (Å²) in [5, 5.41) is 15.4. The number of benzene rings is 1. The Bertz CT molecular complexity index is 1110. The third-order valence-electron chi connectivity index (χ3n) is 4.67. The average molecular weight is 389 g/mol. The van der Waals surface area contributed by atoms with Crippen LogP contribution in [0.2, 0.25) is 0 Å². The number of nitrogens with one attached hydrogen (secondary N) is 2. The summed E-state index contributed by atoms with van der Waals surface area (Å²) in [6, 6.07) is 11.7. The van der Waals surface area contributed by atoms with E-state index in [1.165, 1.54) is 0 Å². The molecular formula is C21H23N7O. The largest absolute Gasteiger partial charge is 0.370 e. The van der Waals surface area contributed by atoms with E-state index in [1.54, 1.807) is 15.4 Å². The van der Waals surface area contributed by atoms with E-state index in [9.17, 15) is 4.79 Å². The number of unbranched alkanes of at least 4 members (excludes halogenated alkanes) is 1. The highest BCUT2D eigenvalue weighted by atomic mass is 16.1. The predicted molar refractivity (Wildman–Crippen MR) is 113 cm³/mol. The van der Waals surface area contributed by atoms with Gasteiger partial charge < -0.3 is 10.6 Å². The molecule has 0 saturated carbocycles. The minimum absolute atomic E-state index is 0.501. The zero-order valence-electron chi connectivity index (χ0n) is 16.5. The van der Waals surface area contributed by atoms with Crippen LogP contribution < -0.4 is 10.6 Å². The first-order valence-electron chi connectivity index (χ1n) is 9.66. The lowest BCUT2D eigenvalue weighted by atomic mass is 10.2. The topological polar surface area (TPSA) is 89.1 Å². The molecule has 148 valence electrons. The van der Waals surface area contributed by atoms with Gasteiger partial charge in [-0.15, -0.1) is 0 Å². The molecule has 0 amide bonds. The fourth-order valence-electron chi connectivity index (χ4n) is 3.13. The van der Waals surface area contributed by atoms with Gasteiger partial charge in [-0.3, -0.25) is 4.79 Å². The molecule has 0 bridgehead atoms. The first-order valence-corrected chi connectivity index (χ1v) is 9.66. The highest BCUT2D eigenvalue weighted by Gasteiger charge is 2.15. The number of carbonyl (C=O) groups is 1. The van der Waals surface area contributed by atoms with Crippen molar-refractivity contribution in [1.82, 2.24) is 24.4 Å². The Balaban J connectivity index is 1.66. The van der Waals surface area contributed by atoms with Gasteiger partial charge in [-0.05, 0) is 43.7 Å². The molecule has 2 N–H and O–H groups in total. The van der Waals surface area contributed by atoms with E-state index in [4.69, 9.17) is 0 Å². The number of aromatic nitrogens is 5. The smallest absolute Gasteiger partial charge is 0.170 e. The third kappa shape index (κ3) is 3.82. The van der Waals surface area contributed by atoms with E-state index in [0.717, 1.165) is 42.9 Å². The number of hydrogen-bond donors (Lipinski definition) is 2. The predicted octanol–water partition coefficient (Wildman–Crippen LogP) is 3.99. The second kappa shape index (κ2) is 8.14. The van der Waals surface area contributed by atoms with Crippen LogP contribution in [0.25, 0.3) is 11.3 Å². The number of anilines is 3. The van der Waals surface area contributed by atoms with Crippen LogP contribution >= 0.6 is 0 Å². The van der Waals surface area contributed by atoms with Crippen molar-refractivity contribution in [2.24, 2.45) is 0 Å². The van der Waals surface area contributed by atoms with Gasteiger partial charge in [0.15, 0.2) is 11.9 Å². The molecule has 4 aromatic rings. The first kappa shape index (κ1) is 18.7. The van der Waals surface area contributed by atoms with Crippen molar-refractivity contribution in [3.05, 3.63) is 60.0 Å². The zero-order valence-corrected chi connectivity index (χ0v) is 16.5. The average Bonchev–Trinajstić information content (AvgIpc) is 3.36. The molecule has 0 atom stereocenters. The maximum absolute atomic E-state index is 11.6. The van der Waals surface area contributed by atoms with Crippen LogP contribution in [0.15, 0.2) is 48.8 Å². The highest BCUT2D eigenvalue weighted by Crippen LogP contribution is 2.23. The van der Waals surface area contributed by atoms with Crippen LogP contribution in [0.1, 0.15) is 35.8 Å². The second-order valence-corrected chi connectivity index (χ2v) is 6.78. The fraction of sp³-hybridized carbons (Fsp3) is 0.238. The van der Waals surface area contributed by atoms with Crippen LogP contribution in [-0.4, -0.2) is 37.2 Å². The summed E-state index contributed by atoms with van der Waals surface area (Å²) in [5.41, 5.74) is 3.56.